The fraction of sp³-hybridized carbons (Fsp3) is 0.0588. The van der Waals surface area contributed by atoms with Crippen molar-refractivity contribution in [1.29, 1.82) is 0 Å². The summed E-state index contributed by atoms with van der Waals surface area (Å²) < 4.78 is 5.42. The smallest absolute Gasteiger partial charge is 0.134 e. The van der Waals surface area contributed by atoms with Crippen molar-refractivity contribution in [2.75, 3.05) is 0 Å². The molecule has 0 saturated heterocycles. The third kappa shape index (κ3) is 2.03. The normalized spacial score (nSPS) is 11.4. The highest BCUT2D eigenvalue weighted by molar-refractivity contribution is 5.90. The summed E-state index contributed by atoms with van der Waals surface area (Å²) in [7, 11) is 0. The van der Waals surface area contributed by atoms with Crippen LogP contribution in [0.25, 0.3) is 28.2 Å². The lowest BCUT2D eigenvalue weighted by Crippen LogP contribution is -1.85. The number of rotatable bonds is 2. The molecule has 3 rings (SSSR count). The van der Waals surface area contributed by atoms with Crippen LogP contribution in [-0.2, 0) is 0 Å². The molecule has 0 aliphatic heterocycles. The molecule has 0 saturated carbocycles. The van der Waals surface area contributed by atoms with Crippen LogP contribution in [0.2, 0.25) is 0 Å². The molecule has 1 aromatic heterocycles. The lowest BCUT2D eigenvalue weighted by Gasteiger charge is -2.09. The molecule has 0 spiro atoms. The van der Waals surface area contributed by atoms with E-state index in [2.05, 4.69) is 0 Å². The van der Waals surface area contributed by atoms with Crippen LogP contribution in [0.5, 0.6) is 11.5 Å². The quantitative estimate of drug-likeness (QED) is 0.715. The molecule has 0 amide bonds. The minimum Gasteiger partial charge on any atom is -0.508 e. The summed E-state index contributed by atoms with van der Waals surface area (Å²) >= 11 is 0. The van der Waals surface area contributed by atoms with Crippen molar-refractivity contribution in [3.8, 4) is 22.6 Å². The molecule has 0 unspecified atom stereocenters. The van der Waals surface area contributed by atoms with Crippen molar-refractivity contribution < 1.29 is 14.6 Å². The fourth-order valence-electron chi connectivity index (χ4n) is 2.33. The van der Waals surface area contributed by atoms with Crippen LogP contribution >= 0.6 is 0 Å². The van der Waals surface area contributed by atoms with E-state index in [1.807, 2.05) is 37.3 Å². The zero-order valence-corrected chi connectivity index (χ0v) is 11.0. The Balaban J connectivity index is 2.29. The van der Waals surface area contributed by atoms with Gasteiger partial charge in [0, 0.05) is 17.0 Å². The van der Waals surface area contributed by atoms with Gasteiger partial charge in [-0.25, -0.2) is 0 Å². The predicted molar refractivity (Wildman–Crippen MR) is 79.7 cm³/mol. The molecule has 2 N–H and O–H groups in total. The molecule has 1 heterocycles. The second-order valence-corrected chi connectivity index (χ2v) is 4.60. The summed E-state index contributed by atoms with van der Waals surface area (Å²) in [4.78, 5) is 0. The number of hydrogen-bond acceptors (Lipinski definition) is 3. The maximum Gasteiger partial charge on any atom is 0.134 e. The third-order valence-corrected chi connectivity index (χ3v) is 3.24. The van der Waals surface area contributed by atoms with Gasteiger partial charge in [-0.3, -0.25) is 0 Å². The molecular weight excluding hydrogens is 252 g/mol. The Bertz CT molecular complexity index is 797. The van der Waals surface area contributed by atoms with E-state index >= 15 is 0 Å². The topological polar surface area (TPSA) is 53.6 Å². The standard InChI is InChI=1S/C17H14O3/c1-2-3-11-8-12-6-7-20-17(12)10-15(11)14-5-4-13(18)9-16(14)19/h2-10,18-19H,1H3/b3-2+. The molecule has 0 aliphatic rings. The van der Waals surface area contributed by atoms with Gasteiger partial charge in [-0.05, 0) is 48.4 Å². The second kappa shape index (κ2) is 4.78. The minimum absolute atomic E-state index is 0.0397. The number of aromatic hydroxyl groups is 2. The number of phenols is 2. The summed E-state index contributed by atoms with van der Waals surface area (Å²) in [6, 6.07) is 10.4. The molecule has 0 fully saturated rings. The Labute approximate surface area is 116 Å². The highest BCUT2D eigenvalue weighted by Gasteiger charge is 2.11. The van der Waals surface area contributed by atoms with Crippen LogP contribution < -0.4 is 0 Å². The van der Waals surface area contributed by atoms with E-state index in [-0.39, 0.29) is 11.5 Å². The lowest BCUT2D eigenvalue weighted by atomic mass is 9.97. The van der Waals surface area contributed by atoms with Gasteiger partial charge in [0.25, 0.3) is 0 Å². The first-order chi connectivity index (χ1) is 9.69. The molecule has 100 valence electrons. The van der Waals surface area contributed by atoms with Gasteiger partial charge in [0.1, 0.15) is 17.1 Å². The average molecular weight is 266 g/mol. The van der Waals surface area contributed by atoms with Gasteiger partial charge in [-0.2, -0.15) is 0 Å². The van der Waals surface area contributed by atoms with Crippen molar-refractivity contribution in [2.45, 2.75) is 6.92 Å². The molecular formula is C17H14O3. The molecule has 20 heavy (non-hydrogen) atoms. The van der Waals surface area contributed by atoms with Gasteiger partial charge >= 0.3 is 0 Å². The number of benzene rings is 2. The summed E-state index contributed by atoms with van der Waals surface area (Å²) in [5, 5.41) is 20.5. The van der Waals surface area contributed by atoms with Crippen LogP contribution in [0, 0.1) is 0 Å². The Kier molecular flexibility index (Phi) is 2.95. The van der Waals surface area contributed by atoms with Crippen LogP contribution in [0.15, 0.2) is 53.2 Å². The van der Waals surface area contributed by atoms with E-state index in [0.29, 0.717) is 5.56 Å². The van der Waals surface area contributed by atoms with Crippen molar-refractivity contribution in [3.05, 3.63) is 54.3 Å². The first-order valence-electron chi connectivity index (χ1n) is 6.35. The molecule has 2 aromatic carbocycles. The minimum atomic E-state index is 0.0397. The maximum atomic E-state index is 10.0. The Morgan fingerprint density at radius 2 is 1.85 bits per heavy atom. The molecule has 0 bridgehead atoms. The maximum absolute atomic E-state index is 10.0. The SMILES string of the molecule is C/C=C/c1cc2ccoc2cc1-c1ccc(O)cc1O. The number of furan rings is 1. The third-order valence-electron chi connectivity index (χ3n) is 3.24. The van der Waals surface area contributed by atoms with E-state index in [1.54, 1.807) is 18.4 Å². The van der Waals surface area contributed by atoms with Crippen LogP contribution in [-0.4, -0.2) is 10.2 Å². The first kappa shape index (κ1) is 12.4. The van der Waals surface area contributed by atoms with Crippen LogP contribution in [0.1, 0.15) is 12.5 Å². The molecule has 0 aliphatic carbocycles. The molecule has 3 nitrogen and oxygen atoms in total. The number of fused-ring (bicyclic) bond motifs is 1. The van der Waals surface area contributed by atoms with Gasteiger partial charge in [-0.1, -0.05) is 12.2 Å². The second-order valence-electron chi connectivity index (χ2n) is 4.60. The van der Waals surface area contributed by atoms with E-state index < -0.39 is 0 Å². The van der Waals surface area contributed by atoms with Gasteiger partial charge in [0.2, 0.25) is 0 Å². The largest absolute Gasteiger partial charge is 0.508 e. The summed E-state index contributed by atoms with van der Waals surface area (Å²) in [5.74, 6) is 0.0829. The van der Waals surface area contributed by atoms with E-state index in [0.717, 1.165) is 22.1 Å². The molecule has 3 aromatic rings. The molecule has 0 radical (unpaired) electrons. The monoisotopic (exact) mass is 266 g/mol. The van der Waals surface area contributed by atoms with Crippen molar-refractivity contribution >= 4 is 17.0 Å². The lowest BCUT2D eigenvalue weighted by molar-refractivity contribution is 0.452. The summed E-state index contributed by atoms with van der Waals surface area (Å²) in [6.07, 6.45) is 5.57. The van der Waals surface area contributed by atoms with E-state index in [9.17, 15) is 10.2 Å². The van der Waals surface area contributed by atoms with Crippen LogP contribution in [0.4, 0.5) is 0 Å². The zero-order chi connectivity index (χ0) is 14.1. The summed E-state index contributed by atoms with van der Waals surface area (Å²) in [5.41, 5.74) is 3.28. The fourth-order valence-corrected chi connectivity index (χ4v) is 2.33. The van der Waals surface area contributed by atoms with E-state index in [4.69, 9.17) is 4.42 Å². The zero-order valence-electron chi connectivity index (χ0n) is 11.0. The van der Waals surface area contributed by atoms with Crippen molar-refractivity contribution in [3.63, 3.8) is 0 Å². The first-order valence-corrected chi connectivity index (χ1v) is 6.35. The van der Waals surface area contributed by atoms with Crippen molar-refractivity contribution in [1.82, 2.24) is 0 Å². The van der Waals surface area contributed by atoms with Gasteiger partial charge in [-0.15, -0.1) is 0 Å². The highest BCUT2D eigenvalue weighted by atomic mass is 16.3. The van der Waals surface area contributed by atoms with Gasteiger partial charge in [0.15, 0.2) is 0 Å². The Hall–Kier alpha value is -2.68. The number of hydrogen-bond donors (Lipinski definition) is 2. The summed E-state index contributed by atoms with van der Waals surface area (Å²) in [6.45, 7) is 1.94. The molecule has 0 atom stereocenters. The predicted octanol–water partition coefficient (Wildman–Crippen LogP) is 4.54. The number of phenolic OH excluding ortho intramolecular Hbond substituents is 2. The van der Waals surface area contributed by atoms with Crippen LogP contribution in [0.3, 0.4) is 0 Å². The van der Waals surface area contributed by atoms with Gasteiger partial charge in [0.05, 0.1) is 6.26 Å². The Morgan fingerprint density at radius 3 is 2.60 bits per heavy atom. The highest BCUT2D eigenvalue weighted by Crippen LogP contribution is 2.37. The molecule has 3 heteroatoms. The number of allylic oxidation sites excluding steroid dienone is 1. The Morgan fingerprint density at radius 1 is 1.00 bits per heavy atom. The van der Waals surface area contributed by atoms with Crippen molar-refractivity contribution in [2.24, 2.45) is 0 Å². The van der Waals surface area contributed by atoms with E-state index in [1.165, 1.54) is 6.07 Å². The average Bonchev–Trinajstić information content (AvgIpc) is 2.86. The van der Waals surface area contributed by atoms with Gasteiger partial charge < -0.3 is 14.6 Å².